The zero-order valence-corrected chi connectivity index (χ0v) is 10.7. The highest BCUT2D eigenvalue weighted by atomic mass is 32.1. The number of amides is 1. The number of rotatable bonds is 3. The Labute approximate surface area is 104 Å². The second-order valence-corrected chi connectivity index (χ2v) is 5.37. The number of nitrogens with two attached hydrogens (primary N) is 1. The number of hydrogen-bond donors (Lipinski definition) is 2. The molecule has 1 fully saturated rings. The van der Waals surface area contributed by atoms with Crippen molar-refractivity contribution < 1.29 is 9.53 Å². The quantitative estimate of drug-likeness (QED) is 0.828. The van der Waals surface area contributed by atoms with Crippen molar-refractivity contribution in [2.45, 2.75) is 31.8 Å². The molecule has 6 heteroatoms. The van der Waals surface area contributed by atoms with Gasteiger partial charge in [-0.25, -0.2) is 4.98 Å². The minimum absolute atomic E-state index is 0.105. The van der Waals surface area contributed by atoms with Gasteiger partial charge in [-0.05, 0) is 19.8 Å². The lowest BCUT2D eigenvalue weighted by Crippen LogP contribution is -2.56. The zero-order chi connectivity index (χ0) is 12.3. The maximum Gasteiger partial charge on any atom is 0.240 e. The Kier molecular flexibility index (Phi) is 3.76. The fourth-order valence-electron chi connectivity index (χ4n) is 1.80. The van der Waals surface area contributed by atoms with Gasteiger partial charge in [0, 0.05) is 18.6 Å². The highest BCUT2D eigenvalue weighted by molar-refractivity contribution is 7.09. The van der Waals surface area contributed by atoms with Gasteiger partial charge in [-0.1, -0.05) is 0 Å². The highest BCUT2D eigenvalue weighted by Gasteiger charge is 2.35. The number of carbonyl (C=O) groups is 1. The number of aryl methyl sites for hydroxylation is 1. The van der Waals surface area contributed by atoms with Crippen LogP contribution >= 0.6 is 11.3 Å². The number of carbonyl (C=O) groups excluding carboxylic acids is 1. The van der Waals surface area contributed by atoms with Crippen LogP contribution in [-0.2, 0) is 16.1 Å². The maximum absolute atomic E-state index is 12.0. The Morgan fingerprint density at radius 1 is 1.65 bits per heavy atom. The van der Waals surface area contributed by atoms with E-state index in [2.05, 4.69) is 10.3 Å². The van der Waals surface area contributed by atoms with Crippen LogP contribution in [0.5, 0.6) is 0 Å². The minimum atomic E-state index is -0.774. The summed E-state index contributed by atoms with van der Waals surface area (Å²) in [5, 5.41) is 5.80. The van der Waals surface area contributed by atoms with Crippen molar-refractivity contribution in [1.82, 2.24) is 10.3 Å². The van der Waals surface area contributed by atoms with Crippen molar-refractivity contribution in [2.24, 2.45) is 5.73 Å². The molecule has 0 spiro atoms. The molecule has 0 radical (unpaired) electrons. The molecule has 0 bridgehead atoms. The summed E-state index contributed by atoms with van der Waals surface area (Å²) in [6.07, 6.45) is 1.16. The molecule has 3 N–H and O–H groups in total. The van der Waals surface area contributed by atoms with E-state index >= 15 is 0 Å². The first-order chi connectivity index (χ1) is 8.10. The molecule has 5 nitrogen and oxygen atoms in total. The first kappa shape index (κ1) is 12.5. The molecule has 0 aliphatic carbocycles. The van der Waals surface area contributed by atoms with Crippen LogP contribution in [0, 0.1) is 6.92 Å². The molecule has 94 valence electrons. The molecule has 1 aromatic heterocycles. The van der Waals surface area contributed by atoms with Crippen molar-refractivity contribution in [3.05, 3.63) is 16.1 Å². The summed E-state index contributed by atoms with van der Waals surface area (Å²) in [6, 6.07) is 0. The van der Waals surface area contributed by atoms with Crippen molar-refractivity contribution in [3.8, 4) is 0 Å². The van der Waals surface area contributed by atoms with Gasteiger partial charge in [0.05, 0.1) is 22.8 Å². The van der Waals surface area contributed by atoms with E-state index in [1.165, 1.54) is 0 Å². The highest BCUT2D eigenvalue weighted by Crippen LogP contribution is 2.18. The zero-order valence-electron chi connectivity index (χ0n) is 9.86. The first-order valence-electron chi connectivity index (χ1n) is 5.66. The summed E-state index contributed by atoms with van der Waals surface area (Å²) in [7, 11) is 0. The molecular weight excluding hydrogens is 238 g/mol. The number of aromatic nitrogens is 1. The molecule has 2 heterocycles. The molecule has 0 saturated carbocycles. The predicted octanol–water partition coefficient (Wildman–Crippen LogP) is 0.576. The number of nitrogens with one attached hydrogen (secondary N) is 1. The average Bonchev–Trinajstić information content (AvgIpc) is 2.73. The summed E-state index contributed by atoms with van der Waals surface area (Å²) in [5.74, 6) is -0.105. The number of thiazole rings is 1. The lowest BCUT2D eigenvalue weighted by Gasteiger charge is -2.31. The molecule has 17 heavy (non-hydrogen) atoms. The van der Waals surface area contributed by atoms with E-state index in [9.17, 15) is 4.79 Å². The Morgan fingerprint density at radius 3 is 2.94 bits per heavy atom. The number of hydrogen-bond acceptors (Lipinski definition) is 5. The maximum atomic E-state index is 12.0. The van der Waals surface area contributed by atoms with Gasteiger partial charge < -0.3 is 15.8 Å². The van der Waals surface area contributed by atoms with Crippen LogP contribution in [0.15, 0.2) is 5.38 Å². The second-order valence-electron chi connectivity index (χ2n) is 4.31. The lowest BCUT2D eigenvalue weighted by atomic mass is 9.90. The normalized spacial score (nSPS) is 18.9. The fourth-order valence-corrected chi connectivity index (χ4v) is 2.41. The third-order valence-electron chi connectivity index (χ3n) is 2.93. The predicted molar refractivity (Wildman–Crippen MR) is 65.7 cm³/mol. The third kappa shape index (κ3) is 3.02. The molecule has 1 aromatic rings. The molecule has 0 unspecified atom stereocenters. The number of nitrogens with zero attached hydrogens (tertiary/aromatic N) is 1. The number of ether oxygens (including phenoxy) is 1. The lowest BCUT2D eigenvalue weighted by molar-refractivity contribution is -0.129. The summed E-state index contributed by atoms with van der Waals surface area (Å²) < 4.78 is 5.21. The topological polar surface area (TPSA) is 77.2 Å². The van der Waals surface area contributed by atoms with Gasteiger partial charge in [0.15, 0.2) is 0 Å². The molecule has 0 aromatic carbocycles. The van der Waals surface area contributed by atoms with Crippen molar-refractivity contribution in [1.29, 1.82) is 0 Å². The van der Waals surface area contributed by atoms with Crippen LogP contribution in [0.4, 0.5) is 0 Å². The smallest absolute Gasteiger partial charge is 0.240 e. The molecule has 1 saturated heterocycles. The van der Waals surface area contributed by atoms with Gasteiger partial charge in [-0.2, -0.15) is 0 Å². The summed E-state index contributed by atoms with van der Waals surface area (Å²) in [4.78, 5) is 16.3. The average molecular weight is 255 g/mol. The van der Waals surface area contributed by atoms with Crippen molar-refractivity contribution in [2.75, 3.05) is 13.2 Å². The Morgan fingerprint density at radius 2 is 2.35 bits per heavy atom. The van der Waals surface area contributed by atoms with E-state index in [-0.39, 0.29) is 5.91 Å². The van der Waals surface area contributed by atoms with Crippen LogP contribution < -0.4 is 11.1 Å². The fraction of sp³-hybridized carbons (Fsp3) is 0.636. The van der Waals surface area contributed by atoms with E-state index < -0.39 is 5.54 Å². The van der Waals surface area contributed by atoms with Gasteiger partial charge in [0.25, 0.3) is 0 Å². The van der Waals surface area contributed by atoms with Gasteiger partial charge >= 0.3 is 0 Å². The summed E-state index contributed by atoms with van der Waals surface area (Å²) in [5.41, 5.74) is 6.17. The molecule has 2 rings (SSSR count). The monoisotopic (exact) mass is 255 g/mol. The van der Waals surface area contributed by atoms with E-state index in [1.807, 2.05) is 12.3 Å². The molecular formula is C11H17N3O2S. The van der Waals surface area contributed by atoms with Crippen LogP contribution in [0.2, 0.25) is 0 Å². The van der Waals surface area contributed by atoms with Gasteiger partial charge in [0.1, 0.15) is 0 Å². The van der Waals surface area contributed by atoms with Crippen LogP contribution in [0.1, 0.15) is 23.5 Å². The second kappa shape index (κ2) is 5.12. The standard InChI is InChI=1S/C11H17N3O2S/c1-8-14-9(7-17-8)6-13-10(15)11(12)2-4-16-5-3-11/h7H,2-6,12H2,1H3,(H,13,15). The Bertz CT molecular complexity index is 399. The summed E-state index contributed by atoms with van der Waals surface area (Å²) in [6.45, 7) is 3.50. The van der Waals surface area contributed by atoms with Crippen LogP contribution in [0.25, 0.3) is 0 Å². The first-order valence-corrected chi connectivity index (χ1v) is 6.54. The van der Waals surface area contributed by atoms with Crippen LogP contribution in [0.3, 0.4) is 0 Å². The largest absolute Gasteiger partial charge is 0.381 e. The van der Waals surface area contributed by atoms with E-state index in [4.69, 9.17) is 10.5 Å². The SMILES string of the molecule is Cc1nc(CNC(=O)C2(N)CCOCC2)cs1. The molecule has 1 amide bonds. The molecule has 0 atom stereocenters. The van der Waals surface area contributed by atoms with Crippen LogP contribution in [-0.4, -0.2) is 29.6 Å². The van der Waals surface area contributed by atoms with Gasteiger partial charge in [-0.3, -0.25) is 4.79 Å². The van der Waals surface area contributed by atoms with Crippen molar-refractivity contribution in [3.63, 3.8) is 0 Å². The van der Waals surface area contributed by atoms with Crippen molar-refractivity contribution >= 4 is 17.2 Å². The van der Waals surface area contributed by atoms with E-state index in [1.54, 1.807) is 11.3 Å². The van der Waals surface area contributed by atoms with E-state index in [0.717, 1.165) is 10.7 Å². The summed E-state index contributed by atoms with van der Waals surface area (Å²) >= 11 is 1.58. The third-order valence-corrected chi connectivity index (χ3v) is 3.76. The molecule has 1 aliphatic rings. The van der Waals surface area contributed by atoms with Gasteiger partial charge in [0.2, 0.25) is 5.91 Å². The Hall–Kier alpha value is -0.980. The minimum Gasteiger partial charge on any atom is -0.381 e. The van der Waals surface area contributed by atoms with E-state index in [0.29, 0.717) is 32.6 Å². The van der Waals surface area contributed by atoms with Gasteiger partial charge in [-0.15, -0.1) is 11.3 Å². The molecule has 1 aliphatic heterocycles. The Balaban J connectivity index is 1.88.